The predicted molar refractivity (Wildman–Crippen MR) is 84.2 cm³/mol. The number of Topliss-reactive ketones (excluding diaryl/α,β-unsaturated/α-hetero) is 1. The molecule has 1 amide bonds. The first-order valence-corrected chi connectivity index (χ1v) is 7.49. The Bertz CT molecular complexity index is 814. The summed E-state index contributed by atoms with van der Waals surface area (Å²) < 4.78 is 11.6. The van der Waals surface area contributed by atoms with E-state index in [0.717, 1.165) is 5.56 Å². The van der Waals surface area contributed by atoms with Crippen LogP contribution in [0.5, 0.6) is 11.5 Å². The van der Waals surface area contributed by atoms with Gasteiger partial charge in [-0.1, -0.05) is 23.8 Å². The van der Waals surface area contributed by atoms with Crippen LogP contribution in [0.3, 0.4) is 0 Å². The summed E-state index contributed by atoms with van der Waals surface area (Å²) in [7, 11) is 0. The molecule has 0 unspecified atom stereocenters. The molecule has 2 aromatic carbocycles. The fraction of sp³-hybridized carbons (Fsp3) is 0.222. The largest absolute Gasteiger partial charge is 0.486 e. The van der Waals surface area contributed by atoms with Crippen molar-refractivity contribution in [1.29, 1.82) is 0 Å². The van der Waals surface area contributed by atoms with Crippen LogP contribution in [0, 0.1) is 6.92 Å². The number of hydrogen-bond donors (Lipinski definition) is 0. The number of ether oxygens (including phenoxy) is 2. The SMILES string of the molecule is Cc1ccc2c(c1)C(=O)C(=O)N2C[C@@H]1COc2ccccc2O1. The summed E-state index contributed by atoms with van der Waals surface area (Å²) in [5, 5.41) is 0. The molecule has 0 spiro atoms. The molecule has 0 fully saturated rings. The molecule has 2 heterocycles. The Labute approximate surface area is 133 Å². The van der Waals surface area contributed by atoms with E-state index in [1.807, 2.05) is 43.3 Å². The molecule has 2 aliphatic rings. The lowest BCUT2D eigenvalue weighted by Crippen LogP contribution is -2.43. The number of nitrogens with zero attached hydrogens (tertiary/aromatic N) is 1. The smallest absolute Gasteiger partial charge is 0.299 e. The Morgan fingerprint density at radius 2 is 1.91 bits per heavy atom. The molecule has 116 valence electrons. The normalized spacial score (nSPS) is 19.0. The molecule has 2 aliphatic heterocycles. The number of aryl methyl sites for hydroxylation is 1. The molecule has 0 radical (unpaired) electrons. The van der Waals surface area contributed by atoms with Crippen LogP contribution in [0.4, 0.5) is 5.69 Å². The molecule has 23 heavy (non-hydrogen) atoms. The summed E-state index contributed by atoms with van der Waals surface area (Å²) >= 11 is 0. The molecule has 0 bridgehead atoms. The van der Waals surface area contributed by atoms with E-state index in [2.05, 4.69) is 0 Å². The number of hydrogen-bond acceptors (Lipinski definition) is 4. The van der Waals surface area contributed by atoms with Gasteiger partial charge in [0.1, 0.15) is 6.61 Å². The quantitative estimate of drug-likeness (QED) is 0.799. The zero-order valence-electron chi connectivity index (χ0n) is 12.6. The lowest BCUT2D eigenvalue weighted by Gasteiger charge is -2.29. The highest BCUT2D eigenvalue weighted by molar-refractivity contribution is 6.52. The van der Waals surface area contributed by atoms with E-state index in [0.29, 0.717) is 29.4 Å². The van der Waals surface area contributed by atoms with Gasteiger partial charge in [0.25, 0.3) is 11.7 Å². The average Bonchev–Trinajstić information content (AvgIpc) is 2.79. The third kappa shape index (κ3) is 2.25. The van der Waals surface area contributed by atoms with Crippen molar-refractivity contribution in [2.75, 3.05) is 18.1 Å². The van der Waals surface area contributed by atoms with Gasteiger partial charge in [-0.3, -0.25) is 9.59 Å². The van der Waals surface area contributed by atoms with E-state index in [4.69, 9.17) is 9.47 Å². The topological polar surface area (TPSA) is 55.8 Å². The third-order valence-corrected chi connectivity index (χ3v) is 4.08. The van der Waals surface area contributed by atoms with Gasteiger partial charge < -0.3 is 14.4 Å². The average molecular weight is 309 g/mol. The van der Waals surface area contributed by atoms with E-state index in [1.54, 1.807) is 6.07 Å². The van der Waals surface area contributed by atoms with E-state index in [1.165, 1.54) is 4.90 Å². The fourth-order valence-electron chi connectivity index (χ4n) is 2.95. The summed E-state index contributed by atoms with van der Waals surface area (Å²) in [4.78, 5) is 25.9. The Morgan fingerprint density at radius 3 is 2.74 bits per heavy atom. The summed E-state index contributed by atoms with van der Waals surface area (Å²) in [6.45, 7) is 2.53. The first kappa shape index (κ1) is 13.8. The highest BCUT2D eigenvalue weighted by atomic mass is 16.6. The maximum absolute atomic E-state index is 12.3. The Hall–Kier alpha value is -2.82. The fourth-order valence-corrected chi connectivity index (χ4v) is 2.95. The van der Waals surface area contributed by atoms with Crippen LogP contribution in [-0.2, 0) is 4.79 Å². The molecule has 0 N–H and O–H groups in total. The third-order valence-electron chi connectivity index (χ3n) is 4.08. The second-order valence-electron chi connectivity index (χ2n) is 5.76. The van der Waals surface area contributed by atoms with Gasteiger partial charge in [0.15, 0.2) is 17.6 Å². The van der Waals surface area contributed by atoms with Crippen molar-refractivity contribution in [3.8, 4) is 11.5 Å². The van der Waals surface area contributed by atoms with Crippen molar-refractivity contribution < 1.29 is 19.1 Å². The molecule has 0 aliphatic carbocycles. The van der Waals surface area contributed by atoms with Crippen molar-refractivity contribution >= 4 is 17.4 Å². The highest BCUT2D eigenvalue weighted by Crippen LogP contribution is 2.33. The van der Waals surface area contributed by atoms with Crippen LogP contribution in [0.25, 0.3) is 0 Å². The number of carbonyl (C=O) groups excluding carboxylic acids is 2. The molecule has 5 nitrogen and oxygen atoms in total. The highest BCUT2D eigenvalue weighted by Gasteiger charge is 2.38. The summed E-state index contributed by atoms with van der Waals surface area (Å²) in [6, 6.07) is 12.9. The number of ketones is 1. The van der Waals surface area contributed by atoms with Crippen molar-refractivity contribution in [1.82, 2.24) is 0 Å². The zero-order chi connectivity index (χ0) is 16.0. The Kier molecular flexibility index (Phi) is 3.08. The molecule has 2 aromatic rings. The summed E-state index contributed by atoms with van der Waals surface area (Å²) in [5.74, 6) is 0.392. The van der Waals surface area contributed by atoms with Crippen LogP contribution in [0.15, 0.2) is 42.5 Å². The first-order valence-electron chi connectivity index (χ1n) is 7.49. The van der Waals surface area contributed by atoms with E-state index in [9.17, 15) is 9.59 Å². The molecular formula is C18H15NO4. The Balaban J connectivity index is 1.59. The molecule has 5 heteroatoms. The Morgan fingerprint density at radius 1 is 1.13 bits per heavy atom. The van der Waals surface area contributed by atoms with Gasteiger partial charge in [-0.05, 0) is 31.2 Å². The molecule has 1 atom stereocenters. The van der Waals surface area contributed by atoms with Gasteiger partial charge in [-0.25, -0.2) is 0 Å². The predicted octanol–water partition coefficient (Wildman–Crippen LogP) is 2.36. The standard InChI is InChI=1S/C18H15NO4/c1-11-6-7-14-13(8-11)17(20)18(21)19(14)9-12-10-22-15-4-2-3-5-16(15)23-12/h2-8,12H,9-10H2,1H3/t12-/m1/s1. The minimum absolute atomic E-state index is 0.287. The van der Waals surface area contributed by atoms with E-state index in [-0.39, 0.29) is 12.6 Å². The van der Waals surface area contributed by atoms with Gasteiger partial charge in [-0.2, -0.15) is 0 Å². The lowest BCUT2D eigenvalue weighted by atomic mass is 10.1. The maximum atomic E-state index is 12.3. The van der Waals surface area contributed by atoms with Crippen LogP contribution >= 0.6 is 0 Å². The van der Waals surface area contributed by atoms with Gasteiger partial charge in [0.2, 0.25) is 0 Å². The first-order chi connectivity index (χ1) is 11.1. The monoisotopic (exact) mass is 309 g/mol. The van der Waals surface area contributed by atoms with Crippen LogP contribution in [0.2, 0.25) is 0 Å². The van der Waals surface area contributed by atoms with E-state index >= 15 is 0 Å². The van der Waals surface area contributed by atoms with E-state index < -0.39 is 11.7 Å². The van der Waals surface area contributed by atoms with Crippen molar-refractivity contribution in [2.24, 2.45) is 0 Å². The molecule has 0 aromatic heterocycles. The summed E-state index contributed by atoms with van der Waals surface area (Å²) in [6.07, 6.45) is -0.311. The number of rotatable bonds is 2. The number of anilines is 1. The number of amides is 1. The van der Waals surface area contributed by atoms with Gasteiger partial charge in [0, 0.05) is 0 Å². The van der Waals surface area contributed by atoms with Gasteiger partial charge in [0.05, 0.1) is 17.8 Å². The van der Waals surface area contributed by atoms with Gasteiger partial charge in [-0.15, -0.1) is 0 Å². The second-order valence-corrected chi connectivity index (χ2v) is 5.76. The molecule has 0 saturated carbocycles. The van der Waals surface area contributed by atoms with Crippen molar-refractivity contribution in [3.05, 3.63) is 53.6 Å². The van der Waals surface area contributed by atoms with Crippen molar-refractivity contribution in [2.45, 2.75) is 13.0 Å². The maximum Gasteiger partial charge on any atom is 0.299 e. The summed E-state index contributed by atoms with van der Waals surface area (Å²) in [5.41, 5.74) is 2.07. The van der Waals surface area contributed by atoms with Gasteiger partial charge >= 0.3 is 0 Å². The number of carbonyl (C=O) groups is 2. The molecule has 4 rings (SSSR count). The number of para-hydroxylation sites is 2. The lowest BCUT2D eigenvalue weighted by molar-refractivity contribution is -0.114. The van der Waals surface area contributed by atoms with Crippen LogP contribution < -0.4 is 14.4 Å². The van der Waals surface area contributed by atoms with Crippen LogP contribution in [-0.4, -0.2) is 30.9 Å². The zero-order valence-corrected chi connectivity index (χ0v) is 12.6. The van der Waals surface area contributed by atoms with Crippen LogP contribution in [0.1, 0.15) is 15.9 Å². The second kappa shape index (κ2) is 5.12. The minimum atomic E-state index is -0.506. The molecular weight excluding hydrogens is 294 g/mol. The number of benzene rings is 2. The molecule has 0 saturated heterocycles. The minimum Gasteiger partial charge on any atom is -0.486 e. The number of fused-ring (bicyclic) bond motifs is 2. The van der Waals surface area contributed by atoms with Crippen molar-refractivity contribution in [3.63, 3.8) is 0 Å².